The number of benzene rings is 3. The van der Waals surface area contributed by atoms with E-state index in [9.17, 15) is 9.59 Å². The fraction of sp³-hybridized carbons (Fsp3) is 0.241. The van der Waals surface area contributed by atoms with E-state index in [4.69, 9.17) is 9.47 Å². The number of esters is 1. The number of hydrogen-bond donors (Lipinski definition) is 0. The fourth-order valence-corrected chi connectivity index (χ4v) is 4.40. The maximum atomic E-state index is 13.9. The number of amides is 1. The van der Waals surface area contributed by atoms with Crippen LogP contribution >= 0.6 is 0 Å². The number of nitrogens with zero attached hydrogens (tertiary/aromatic N) is 1. The van der Waals surface area contributed by atoms with E-state index in [1.54, 1.807) is 4.90 Å². The molecule has 5 nitrogen and oxygen atoms in total. The Balaban J connectivity index is 1.52. The molecule has 0 aromatic heterocycles. The molecule has 0 aliphatic carbocycles. The van der Waals surface area contributed by atoms with E-state index in [0.29, 0.717) is 19.6 Å². The molecule has 174 valence electrons. The maximum absolute atomic E-state index is 13.9. The molecule has 0 spiro atoms. The molecule has 0 bridgehead atoms. The van der Waals surface area contributed by atoms with Crippen molar-refractivity contribution < 1.29 is 19.1 Å². The minimum atomic E-state index is -0.671. The van der Waals surface area contributed by atoms with Crippen molar-refractivity contribution in [1.29, 1.82) is 0 Å². The summed E-state index contributed by atoms with van der Waals surface area (Å²) >= 11 is 0. The lowest BCUT2D eigenvalue weighted by atomic mass is 9.90. The highest BCUT2D eigenvalue weighted by atomic mass is 16.5. The topological polar surface area (TPSA) is 55.8 Å². The van der Waals surface area contributed by atoms with Crippen LogP contribution in [0.4, 0.5) is 0 Å². The minimum absolute atomic E-state index is 0.126. The molecule has 5 heteroatoms. The Labute approximate surface area is 200 Å². The van der Waals surface area contributed by atoms with Gasteiger partial charge < -0.3 is 14.4 Å². The van der Waals surface area contributed by atoms with Gasteiger partial charge in [-0.25, -0.2) is 4.79 Å². The standard InChI is InChI=1S/C29H29NO4/c1-33-29(32)26-20-25(34-19-11-14-22-12-5-2-6-13-22)21-30(26)28(31)27(23-15-7-3-8-16-23)24-17-9-4-10-18-24/h2-18,25-27H,19-21H2,1H3/t25-,26-/m0/s1. The molecule has 1 amide bonds. The maximum Gasteiger partial charge on any atom is 0.328 e. The average Bonchev–Trinajstić information content (AvgIpc) is 3.32. The summed E-state index contributed by atoms with van der Waals surface area (Å²) in [6.07, 6.45) is 4.11. The van der Waals surface area contributed by atoms with Crippen molar-refractivity contribution in [3.63, 3.8) is 0 Å². The van der Waals surface area contributed by atoms with Crippen molar-refractivity contribution >= 4 is 18.0 Å². The van der Waals surface area contributed by atoms with E-state index < -0.39 is 17.9 Å². The van der Waals surface area contributed by atoms with Crippen molar-refractivity contribution in [3.8, 4) is 0 Å². The van der Waals surface area contributed by atoms with Gasteiger partial charge in [0.1, 0.15) is 6.04 Å². The highest BCUT2D eigenvalue weighted by Crippen LogP contribution is 2.31. The Bertz CT molecular complexity index is 1060. The lowest BCUT2D eigenvalue weighted by Crippen LogP contribution is -2.43. The number of carbonyl (C=O) groups is 2. The number of likely N-dealkylation sites (tertiary alicyclic amines) is 1. The molecule has 1 heterocycles. The molecule has 1 aliphatic heterocycles. The zero-order valence-corrected chi connectivity index (χ0v) is 19.2. The highest BCUT2D eigenvalue weighted by molar-refractivity contribution is 5.91. The van der Waals surface area contributed by atoms with Crippen molar-refractivity contribution in [2.75, 3.05) is 20.3 Å². The Hall–Kier alpha value is -3.70. The smallest absolute Gasteiger partial charge is 0.328 e. The van der Waals surface area contributed by atoms with Gasteiger partial charge >= 0.3 is 5.97 Å². The molecule has 0 radical (unpaired) electrons. The number of rotatable bonds is 8. The average molecular weight is 456 g/mol. The third kappa shape index (κ3) is 5.61. The summed E-state index contributed by atoms with van der Waals surface area (Å²) in [5.41, 5.74) is 2.87. The first kappa shape index (κ1) is 23.5. The second kappa shape index (κ2) is 11.4. The van der Waals surface area contributed by atoms with E-state index in [2.05, 4.69) is 0 Å². The summed E-state index contributed by atoms with van der Waals surface area (Å²) in [5.74, 6) is -1.05. The number of ether oxygens (including phenoxy) is 2. The summed E-state index contributed by atoms with van der Waals surface area (Å²) in [7, 11) is 1.35. The van der Waals surface area contributed by atoms with Gasteiger partial charge in [-0.05, 0) is 16.7 Å². The SMILES string of the molecule is COC(=O)[C@@H]1C[C@H](OCC=Cc2ccccc2)CN1C(=O)C(c1ccccc1)c1ccccc1. The zero-order valence-electron chi connectivity index (χ0n) is 19.2. The lowest BCUT2D eigenvalue weighted by molar-refractivity contribution is -0.151. The molecule has 34 heavy (non-hydrogen) atoms. The minimum Gasteiger partial charge on any atom is -0.467 e. The van der Waals surface area contributed by atoms with Gasteiger partial charge in [0.2, 0.25) is 5.91 Å². The predicted octanol–water partition coefficient (Wildman–Crippen LogP) is 4.69. The molecule has 3 aromatic rings. The summed E-state index contributed by atoms with van der Waals surface area (Å²) < 4.78 is 11.1. The Morgan fingerprint density at radius 1 is 0.912 bits per heavy atom. The van der Waals surface area contributed by atoms with Crippen LogP contribution in [-0.2, 0) is 19.1 Å². The van der Waals surface area contributed by atoms with Gasteiger partial charge in [0.05, 0.1) is 25.7 Å². The molecular formula is C29H29NO4. The molecule has 0 saturated carbocycles. The van der Waals surface area contributed by atoms with Crippen LogP contribution in [0.5, 0.6) is 0 Å². The van der Waals surface area contributed by atoms with Crippen LogP contribution in [0.1, 0.15) is 29.0 Å². The first-order valence-corrected chi connectivity index (χ1v) is 11.5. The second-order valence-corrected chi connectivity index (χ2v) is 8.29. The molecule has 0 N–H and O–H groups in total. The highest BCUT2D eigenvalue weighted by Gasteiger charge is 2.43. The molecule has 1 aliphatic rings. The van der Waals surface area contributed by atoms with Gasteiger partial charge in [0, 0.05) is 13.0 Å². The monoisotopic (exact) mass is 455 g/mol. The van der Waals surface area contributed by atoms with Crippen LogP contribution in [0, 0.1) is 0 Å². The molecule has 0 unspecified atom stereocenters. The normalized spacial score (nSPS) is 17.9. The quantitative estimate of drug-likeness (QED) is 0.463. The zero-order chi connectivity index (χ0) is 23.8. The van der Waals surface area contributed by atoms with Gasteiger partial charge in [0.15, 0.2) is 0 Å². The Kier molecular flexibility index (Phi) is 7.89. The van der Waals surface area contributed by atoms with Gasteiger partial charge in [-0.3, -0.25) is 4.79 Å². The van der Waals surface area contributed by atoms with Crippen LogP contribution in [0.15, 0.2) is 97.1 Å². The van der Waals surface area contributed by atoms with Crippen LogP contribution in [-0.4, -0.2) is 49.2 Å². The third-order valence-corrected chi connectivity index (χ3v) is 6.07. The lowest BCUT2D eigenvalue weighted by Gasteiger charge is -2.28. The summed E-state index contributed by atoms with van der Waals surface area (Å²) in [6.45, 7) is 0.740. The van der Waals surface area contributed by atoms with Crippen molar-refractivity contribution in [1.82, 2.24) is 4.90 Å². The van der Waals surface area contributed by atoms with Crippen LogP contribution in [0.25, 0.3) is 6.08 Å². The van der Waals surface area contributed by atoms with Crippen LogP contribution < -0.4 is 0 Å². The van der Waals surface area contributed by atoms with Crippen molar-refractivity contribution in [2.45, 2.75) is 24.5 Å². The van der Waals surface area contributed by atoms with Gasteiger partial charge in [-0.15, -0.1) is 0 Å². The third-order valence-electron chi connectivity index (χ3n) is 6.07. The Morgan fingerprint density at radius 3 is 2.03 bits per heavy atom. The first-order chi connectivity index (χ1) is 16.7. The molecule has 3 aromatic carbocycles. The van der Waals surface area contributed by atoms with Crippen LogP contribution in [0.2, 0.25) is 0 Å². The second-order valence-electron chi connectivity index (χ2n) is 8.29. The van der Waals surface area contributed by atoms with Crippen molar-refractivity contribution in [3.05, 3.63) is 114 Å². The molecule has 2 atom stereocenters. The van der Waals surface area contributed by atoms with Crippen molar-refractivity contribution in [2.24, 2.45) is 0 Å². The summed E-state index contributed by atoms with van der Waals surface area (Å²) in [4.78, 5) is 28.1. The fourth-order valence-electron chi connectivity index (χ4n) is 4.40. The summed E-state index contributed by atoms with van der Waals surface area (Å²) in [6, 6.07) is 28.6. The van der Waals surface area contributed by atoms with E-state index in [0.717, 1.165) is 16.7 Å². The molecular weight excluding hydrogens is 426 g/mol. The number of methoxy groups -OCH3 is 1. The predicted molar refractivity (Wildman–Crippen MR) is 132 cm³/mol. The molecule has 1 fully saturated rings. The number of carbonyl (C=O) groups excluding carboxylic acids is 2. The van der Waals surface area contributed by atoms with E-state index in [1.807, 2.05) is 103 Å². The van der Waals surface area contributed by atoms with Gasteiger partial charge in [0.25, 0.3) is 0 Å². The number of hydrogen-bond acceptors (Lipinski definition) is 4. The van der Waals surface area contributed by atoms with E-state index in [1.165, 1.54) is 7.11 Å². The molecule has 4 rings (SSSR count). The van der Waals surface area contributed by atoms with Gasteiger partial charge in [-0.2, -0.15) is 0 Å². The largest absolute Gasteiger partial charge is 0.467 e. The summed E-state index contributed by atoms with van der Waals surface area (Å²) in [5, 5.41) is 0. The van der Waals surface area contributed by atoms with E-state index in [-0.39, 0.29) is 12.0 Å². The Morgan fingerprint density at radius 2 is 1.47 bits per heavy atom. The van der Waals surface area contributed by atoms with E-state index >= 15 is 0 Å². The van der Waals surface area contributed by atoms with Crippen LogP contribution in [0.3, 0.4) is 0 Å². The van der Waals surface area contributed by atoms with Gasteiger partial charge in [-0.1, -0.05) is 103 Å². The first-order valence-electron chi connectivity index (χ1n) is 11.5. The molecule has 1 saturated heterocycles.